The standard InChI is InChI=1S/C30H38N2O8/c1-3-4-5-6-9-32-10-7-8-19(32)17-14-21(34)23-18(26(17)40-2)12-15-11-16-13-20(33)24(29(31)38)28(37)30(16,39)27(36)22(15)25(23)35/h14-16,19,33-34,36,39H,3-13H2,1-2H3,(H2,31,38)/t15?,16-,19-,30-/m0/s1. The first kappa shape index (κ1) is 28.2. The number of nitrogens with zero attached hydrogens (tertiary/aromatic N) is 1. The van der Waals surface area contributed by atoms with E-state index >= 15 is 0 Å². The number of methoxy groups -OCH3 is 1. The van der Waals surface area contributed by atoms with E-state index in [-0.39, 0.29) is 42.2 Å². The Morgan fingerprint density at radius 3 is 2.60 bits per heavy atom. The van der Waals surface area contributed by atoms with Crippen molar-refractivity contribution >= 4 is 17.5 Å². The third-order valence-electron chi connectivity index (χ3n) is 9.27. The number of phenols is 1. The number of hydrogen-bond donors (Lipinski definition) is 5. The fourth-order valence-electron chi connectivity index (χ4n) is 7.37. The molecule has 216 valence electrons. The van der Waals surface area contributed by atoms with Crippen LogP contribution in [0, 0.1) is 11.8 Å². The summed E-state index contributed by atoms with van der Waals surface area (Å²) in [6.07, 6.45) is 6.55. The summed E-state index contributed by atoms with van der Waals surface area (Å²) < 4.78 is 5.89. The van der Waals surface area contributed by atoms with Crippen molar-refractivity contribution in [1.29, 1.82) is 0 Å². The first-order valence-electron chi connectivity index (χ1n) is 14.2. The molecular weight excluding hydrogens is 516 g/mol. The number of Topliss-reactive ketones (excluding diaryl/α,β-unsaturated/α-hetero) is 2. The van der Waals surface area contributed by atoms with Crippen LogP contribution in [-0.4, -0.2) is 68.6 Å². The summed E-state index contributed by atoms with van der Waals surface area (Å²) in [6.45, 7) is 4.06. The number of amides is 1. The second-order valence-electron chi connectivity index (χ2n) is 11.5. The van der Waals surface area contributed by atoms with Crippen molar-refractivity contribution in [3.05, 3.63) is 45.4 Å². The molecule has 0 radical (unpaired) electrons. The number of benzene rings is 1. The lowest BCUT2D eigenvalue weighted by Gasteiger charge is -2.45. The molecule has 1 amide bonds. The maximum absolute atomic E-state index is 13.8. The van der Waals surface area contributed by atoms with Gasteiger partial charge in [-0.05, 0) is 57.2 Å². The normalized spacial score (nSPS) is 28.4. The van der Waals surface area contributed by atoms with Gasteiger partial charge < -0.3 is 30.9 Å². The van der Waals surface area contributed by atoms with Crippen LogP contribution in [0.15, 0.2) is 28.7 Å². The van der Waals surface area contributed by atoms with E-state index in [4.69, 9.17) is 10.5 Å². The molecule has 0 saturated carbocycles. The summed E-state index contributed by atoms with van der Waals surface area (Å²) >= 11 is 0. The summed E-state index contributed by atoms with van der Waals surface area (Å²) in [7, 11) is 1.54. The highest BCUT2D eigenvalue weighted by atomic mass is 16.5. The molecule has 6 N–H and O–H groups in total. The Bertz CT molecular complexity index is 1330. The molecule has 0 aromatic heterocycles. The average molecular weight is 555 g/mol. The van der Waals surface area contributed by atoms with E-state index in [1.807, 2.05) is 0 Å². The molecule has 0 spiro atoms. The van der Waals surface area contributed by atoms with Gasteiger partial charge in [0.15, 0.2) is 11.4 Å². The third kappa shape index (κ3) is 4.19. The van der Waals surface area contributed by atoms with Gasteiger partial charge in [-0.3, -0.25) is 19.3 Å². The van der Waals surface area contributed by atoms with Gasteiger partial charge in [0.2, 0.25) is 5.78 Å². The second kappa shape index (κ2) is 10.6. The highest BCUT2D eigenvalue weighted by Gasteiger charge is 2.59. The Morgan fingerprint density at radius 2 is 1.93 bits per heavy atom. The van der Waals surface area contributed by atoms with Crippen molar-refractivity contribution in [3.8, 4) is 11.5 Å². The van der Waals surface area contributed by atoms with Gasteiger partial charge in [-0.1, -0.05) is 26.2 Å². The van der Waals surface area contributed by atoms with E-state index in [9.17, 15) is 34.8 Å². The summed E-state index contributed by atoms with van der Waals surface area (Å²) in [4.78, 5) is 41.2. The van der Waals surface area contributed by atoms with Gasteiger partial charge in [0.05, 0.1) is 12.7 Å². The molecule has 3 aliphatic carbocycles. The molecule has 1 aromatic rings. The average Bonchev–Trinajstić information content (AvgIpc) is 3.36. The Hall–Kier alpha value is -3.37. The highest BCUT2D eigenvalue weighted by Crippen LogP contribution is 2.53. The maximum Gasteiger partial charge on any atom is 0.255 e. The Morgan fingerprint density at radius 1 is 1.18 bits per heavy atom. The molecule has 5 rings (SSSR count). The summed E-state index contributed by atoms with van der Waals surface area (Å²) in [5.74, 6) is -5.82. The zero-order valence-corrected chi connectivity index (χ0v) is 23.0. The Balaban J connectivity index is 1.55. The van der Waals surface area contributed by atoms with Crippen LogP contribution < -0.4 is 10.5 Å². The van der Waals surface area contributed by atoms with Crippen LogP contribution >= 0.6 is 0 Å². The maximum atomic E-state index is 13.8. The highest BCUT2D eigenvalue weighted by molar-refractivity contribution is 6.24. The molecule has 0 bridgehead atoms. The summed E-state index contributed by atoms with van der Waals surface area (Å²) in [5.41, 5.74) is 3.07. The van der Waals surface area contributed by atoms with E-state index in [1.165, 1.54) is 13.5 Å². The molecular formula is C30H38N2O8. The van der Waals surface area contributed by atoms with Gasteiger partial charge in [0, 0.05) is 35.1 Å². The number of nitrogens with two attached hydrogens (primary N) is 1. The minimum Gasteiger partial charge on any atom is -0.511 e. The van der Waals surface area contributed by atoms with Gasteiger partial charge in [-0.2, -0.15) is 0 Å². The molecule has 10 heteroatoms. The number of carbonyl (C=O) groups is 3. The van der Waals surface area contributed by atoms with Crippen LogP contribution in [0.5, 0.6) is 11.5 Å². The Labute approximate surface area is 233 Å². The van der Waals surface area contributed by atoms with Crippen LogP contribution in [0.2, 0.25) is 0 Å². The monoisotopic (exact) mass is 554 g/mol. The number of fused-ring (bicyclic) bond motifs is 3. The van der Waals surface area contributed by atoms with E-state index in [1.54, 1.807) is 6.07 Å². The fourth-order valence-corrected chi connectivity index (χ4v) is 7.37. The SMILES string of the molecule is CCCCCCN1CCC[C@H]1c1cc(O)c2c(c1OC)CC1C[C@H]3CC(O)=C(C(N)=O)C(=O)[C@@]3(O)C(O)=C1C2=O. The van der Waals surface area contributed by atoms with Crippen molar-refractivity contribution in [2.24, 2.45) is 17.6 Å². The van der Waals surface area contributed by atoms with Crippen LogP contribution in [0.25, 0.3) is 0 Å². The number of rotatable bonds is 8. The number of hydrogen-bond acceptors (Lipinski definition) is 9. The predicted molar refractivity (Wildman–Crippen MR) is 145 cm³/mol. The molecule has 1 unspecified atom stereocenters. The topological polar surface area (TPSA) is 171 Å². The quantitative estimate of drug-likeness (QED) is 0.239. The van der Waals surface area contributed by atoms with E-state index in [0.29, 0.717) is 11.3 Å². The first-order valence-corrected chi connectivity index (χ1v) is 14.2. The molecule has 4 atom stereocenters. The molecule has 1 fully saturated rings. The Kier molecular flexibility index (Phi) is 7.43. The molecule has 10 nitrogen and oxygen atoms in total. The summed E-state index contributed by atoms with van der Waals surface area (Å²) in [5, 5.41) is 44.2. The fraction of sp³-hybridized carbons (Fsp3) is 0.567. The van der Waals surface area contributed by atoms with Crippen molar-refractivity contribution in [2.75, 3.05) is 20.2 Å². The first-order chi connectivity index (χ1) is 19.1. The van der Waals surface area contributed by atoms with Crippen molar-refractivity contribution < 1.29 is 39.5 Å². The van der Waals surface area contributed by atoms with E-state index in [0.717, 1.165) is 50.8 Å². The largest absolute Gasteiger partial charge is 0.511 e. The number of carbonyl (C=O) groups excluding carboxylic acids is 3. The van der Waals surface area contributed by atoms with Gasteiger partial charge in [-0.25, -0.2) is 0 Å². The number of allylic oxidation sites excluding steroid dienone is 2. The predicted octanol–water partition coefficient (Wildman–Crippen LogP) is 3.31. The molecule has 40 heavy (non-hydrogen) atoms. The number of unbranched alkanes of at least 4 members (excludes halogenated alkanes) is 3. The van der Waals surface area contributed by atoms with Gasteiger partial charge >= 0.3 is 0 Å². The molecule has 4 aliphatic rings. The number of aliphatic hydroxyl groups is 3. The van der Waals surface area contributed by atoms with Crippen molar-refractivity contribution in [3.63, 3.8) is 0 Å². The lowest BCUT2D eigenvalue weighted by molar-refractivity contribution is -0.144. The lowest BCUT2D eigenvalue weighted by atomic mass is 9.60. The van der Waals surface area contributed by atoms with Crippen molar-refractivity contribution in [1.82, 2.24) is 4.90 Å². The molecule has 1 heterocycles. The second-order valence-corrected chi connectivity index (χ2v) is 11.5. The number of aliphatic hydroxyl groups excluding tert-OH is 2. The molecule has 1 saturated heterocycles. The third-order valence-corrected chi connectivity index (χ3v) is 9.27. The van der Waals surface area contributed by atoms with Crippen LogP contribution in [0.4, 0.5) is 0 Å². The van der Waals surface area contributed by atoms with E-state index in [2.05, 4.69) is 11.8 Å². The van der Waals surface area contributed by atoms with Gasteiger partial charge in [-0.15, -0.1) is 0 Å². The number of aromatic hydroxyl groups is 1. The number of ether oxygens (including phenoxy) is 1. The number of likely N-dealkylation sites (tertiary alicyclic amines) is 1. The lowest BCUT2D eigenvalue weighted by Crippen LogP contribution is -2.57. The van der Waals surface area contributed by atoms with Crippen molar-refractivity contribution in [2.45, 2.75) is 76.4 Å². The minimum atomic E-state index is -2.57. The number of primary amides is 1. The zero-order valence-electron chi connectivity index (χ0n) is 23.0. The van der Waals surface area contributed by atoms with Crippen LogP contribution in [0.1, 0.15) is 85.8 Å². The van der Waals surface area contributed by atoms with Crippen LogP contribution in [-0.2, 0) is 16.0 Å². The smallest absolute Gasteiger partial charge is 0.255 e. The van der Waals surface area contributed by atoms with Gasteiger partial charge in [0.1, 0.15) is 28.6 Å². The molecule has 1 aliphatic heterocycles. The zero-order chi connectivity index (χ0) is 28.9. The molecule has 1 aromatic carbocycles. The van der Waals surface area contributed by atoms with Crippen LogP contribution in [0.3, 0.4) is 0 Å². The minimum absolute atomic E-state index is 0.0234. The summed E-state index contributed by atoms with van der Waals surface area (Å²) in [6, 6.07) is 1.61. The number of ketones is 2. The van der Waals surface area contributed by atoms with E-state index < -0.39 is 52.0 Å². The van der Waals surface area contributed by atoms with Gasteiger partial charge in [0.25, 0.3) is 5.91 Å². The number of phenolic OH excluding ortho intramolecular Hbond substituents is 1.